The fourth-order valence-corrected chi connectivity index (χ4v) is 1.80. The van der Waals surface area contributed by atoms with E-state index in [9.17, 15) is 0 Å². The Kier molecular flexibility index (Phi) is 3.02. The summed E-state index contributed by atoms with van der Waals surface area (Å²) >= 11 is 3.47. The maximum absolute atomic E-state index is 4.30. The molecule has 1 aromatic heterocycles. The van der Waals surface area contributed by atoms with Crippen LogP contribution in [0.5, 0.6) is 0 Å². The highest BCUT2D eigenvalue weighted by atomic mass is 79.9. The molecule has 1 N–H and O–H groups in total. The van der Waals surface area contributed by atoms with Crippen LogP contribution in [0.2, 0.25) is 0 Å². The van der Waals surface area contributed by atoms with Gasteiger partial charge in [0, 0.05) is 11.9 Å². The number of hydrogen-bond donors (Lipinski definition) is 1. The third-order valence-electron chi connectivity index (χ3n) is 1.96. The topological polar surface area (TPSA) is 24.9 Å². The summed E-state index contributed by atoms with van der Waals surface area (Å²) in [6.07, 6.45) is 1.84. The smallest absolute Gasteiger partial charge is 0.144 e. The minimum atomic E-state index is 0.826. The van der Waals surface area contributed by atoms with Crippen LogP contribution in [0.15, 0.2) is 41.0 Å². The number of pyridine rings is 1. The maximum Gasteiger partial charge on any atom is 0.144 e. The molecule has 0 unspecified atom stereocenters. The molecule has 0 spiro atoms. The van der Waals surface area contributed by atoms with Gasteiger partial charge in [0.15, 0.2) is 0 Å². The van der Waals surface area contributed by atoms with Crippen LogP contribution in [0.25, 0.3) is 0 Å². The van der Waals surface area contributed by atoms with Crippen molar-refractivity contribution in [2.75, 3.05) is 5.32 Å². The van der Waals surface area contributed by atoms with Gasteiger partial charge in [0.1, 0.15) is 5.82 Å². The molecule has 1 aromatic carbocycles. The summed E-state index contributed by atoms with van der Waals surface area (Å²) in [5, 5.41) is 3.22. The Bertz CT molecular complexity index is 454. The first kappa shape index (κ1) is 10.2. The van der Waals surface area contributed by atoms with E-state index in [1.165, 1.54) is 0 Å². The average Bonchev–Trinajstić information content (AvgIpc) is 2.24. The van der Waals surface area contributed by atoms with Gasteiger partial charge in [-0.25, -0.2) is 4.98 Å². The standard InChI is InChI=1S/C12H10BrN2/c1-9-7-11(13)12(14-8-9)15-10-5-3-2-4-6-10/h3-8H,1H3,(H,14,15). The minimum absolute atomic E-state index is 0.826. The average molecular weight is 262 g/mol. The highest BCUT2D eigenvalue weighted by Gasteiger charge is 2.01. The minimum Gasteiger partial charge on any atom is -0.339 e. The number of aromatic nitrogens is 1. The van der Waals surface area contributed by atoms with E-state index in [0.29, 0.717) is 0 Å². The van der Waals surface area contributed by atoms with E-state index >= 15 is 0 Å². The molecule has 0 aliphatic carbocycles. The lowest BCUT2D eigenvalue weighted by molar-refractivity contribution is 1.24. The summed E-state index contributed by atoms with van der Waals surface area (Å²) in [7, 11) is 0. The van der Waals surface area contributed by atoms with Crippen LogP contribution >= 0.6 is 15.9 Å². The van der Waals surface area contributed by atoms with Crippen LogP contribution < -0.4 is 5.32 Å². The lowest BCUT2D eigenvalue weighted by Crippen LogP contribution is -1.94. The molecule has 0 saturated heterocycles. The number of hydrogen-bond acceptors (Lipinski definition) is 2. The molecule has 0 fully saturated rings. The molecule has 75 valence electrons. The van der Waals surface area contributed by atoms with Gasteiger partial charge in [-0.1, -0.05) is 12.1 Å². The Balaban J connectivity index is 2.25. The van der Waals surface area contributed by atoms with Crippen molar-refractivity contribution in [2.24, 2.45) is 0 Å². The predicted molar refractivity (Wildman–Crippen MR) is 65.2 cm³/mol. The molecule has 1 radical (unpaired) electrons. The van der Waals surface area contributed by atoms with Gasteiger partial charge in [-0.2, -0.15) is 0 Å². The van der Waals surface area contributed by atoms with Crippen molar-refractivity contribution >= 4 is 27.4 Å². The van der Waals surface area contributed by atoms with Crippen LogP contribution in [0.4, 0.5) is 11.5 Å². The summed E-state index contributed by atoms with van der Waals surface area (Å²) in [5.41, 5.74) is 2.14. The Labute approximate surface area is 97.5 Å². The molecule has 2 nitrogen and oxygen atoms in total. The van der Waals surface area contributed by atoms with Crippen molar-refractivity contribution in [3.63, 3.8) is 0 Å². The molecule has 3 heteroatoms. The van der Waals surface area contributed by atoms with Gasteiger partial charge in [-0.15, -0.1) is 0 Å². The van der Waals surface area contributed by atoms with E-state index in [1.54, 1.807) is 0 Å². The Hall–Kier alpha value is -1.35. The normalized spacial score (nSPS) is 10.0. The first-order valence-corrected chi connectivity index (χ1v) is 5.40. The van der Waals surface area contributed by atoms with Gasteiger partial charge in [0.05, 0.1) is 4.47 Å². The molecule has 2 rings (SSSR count). The van der Waals surface area contributed by atoms with E-state index in [2.05, 4.69) is 32.3 Å². The monoisotopic (exact) mass is 261 g/mol. The molecule has 0 atom stereocenters. The van der Waals surface area contributed by atoms with Gasteiger partial charge in [0.25, 0.3) is 0 Å². The summed E-state index contributed by atoms with van der Waals surface area (Å²) in [6, 6.07) is 12.6. The van der Waals surface area contributed by atoms with Crippen molar-refractivity contribution in [1.82, 2.24) is 4.98 Å². The summed E-state index contributed by atoms with van der Waals surface area (Å²) < 4.78 is 0.968. The number of nitrogens with zero attached hydrogens (tertiary/aromatic N) is 1. The molecule has 1 heterocycles. The van der Waals surface area contributed by atoms with Crippen LogP contribution in [-0.4, -0.2) is 4.98 Å². The number of halogens is 1. The SMILES string of the molecule is Cc1cnc(Nc2cc[c]cc2)c(Br)c1. The number of benzene rings is 1. The highest BCUT2D eigenvalue weighted by Crippen LogP contribution is 2.23. The summed E-state index contributed by atoms with van der Waals surface area (Å²) in [6.45, 7) is 2.01. The van der Waals surface area contributed by atoms with Crippen molar-refractivity contribution in [3.8, 4) is 0 Å². The summed E-state index contributed by atoms with van der Waals surface area (Å²) in [4.78, 5) is 4.30. The molecular weight excluding hydrogens is 252 g/mol. The quantitative estimate of drug-likeness (QED) is 0.892. The van der Waals surface area contributed by atoms with Crippen LogP contribution in [0, 0.1) is 13.0 Å². The lowest BCUT2D eigenvalue weighted by atomic mass is 10.3. The van der Waals surface area contributed by atoms with Crippen LogP contribution in [0.1, 0.15) is 5.56 Å². The van der Waals surface area contributed by atoms with Gasteiger partial charge in [-0.05, 0) is 52.7 Å². The number of anilines is 2. The fourth-order valence-electron chi connectivity index (χ4n) is 1.23. The Morgan fingerprint density at radius 3 is 2.73 bits per heavy atom. The molecular formula is C12H10BrN2. The lowest BCUT2D eigenvalue weighted by Gasteiger charge is -2.07. The number of rotatable bonds is 2. The zero-order chi connectivity index (χ0) is 10.7. The van der Waals surface area contributed by atoms with Crippen molar-refractivity contribution in [3.05, 3.63) is 52.6 Å². The van der Waals surface area contributed by atoms with Crippen molar-refractivity contribution < 1.29 is 0 Å². The van der Waals surface area contributed by atoms with Gasteiger partial charge in [0.2, 0.25) is 0 Å². The van der Waals surface area contributed by atoms with E-state index in [0.717, 1.165) is 21.5 Å². The molecule has 0 bridgehead atoms. The maximum atomic E-state index is 4.30. The molecule has 2 aromatic rings. The second kappa shape index (κ2) is 4.45. The highest BCUT2D eigenvalue weighted by molar-refractivity contribution is 9.10. The van der Waals surface area contributed by atoms with E-state index < -0.39 is 0 Å². The zero-order valence-electron chi connectivity index (χ0n) is 8.29. The first-order valence-electron chi connectivity index (χ1n) is 4.61. The summed E-state index contributed by atoms with van der Waals surface area (Å²) in [5.74, 6) is 0.826. The van der Waals surface area contributed by atoms with Crippen molar-refractivity contribution in [1.29, 1.82) is 0 Å². The Morgan fingerprint density at radius 2 is 2.07 bits per heavy atom. The molecule has 0 aliphatic rings. The largest absolute Gasteiger partial charge is 0.339 e. The molecule has 0 amide bonds. The van der Waals surface area contributed by atoms with Crippen LogP contribution in [-0.2, 0) is 0 Å². The third-order valence-corrected chi connectivity index (χ3v) is 2.56. The third kappa shape index (κ3) is 2.57. The van der Waals surface area contributed by atoms with Crippen LogP contribution in [0.3, 0.4) is 0 Å². The second-order valence-corrected chi connectivity index (χ2v) is 4.11. The van der Waals surface area contributed by atoms with Crippen molar-refractivity contribution in [2.45, 2.75) is 6.92 Å². The molecule has 0 aliphatic heterocycles. The van der Waals surface area contributed by atoms with Gasteiger partial charge >= 0.3 is 0 Å². The number of aryl methyl sites for hydroxylation is 1. The first-order chi connectivity index (χ1) is 7.25. The van der Waals surface area contributed by atoms with E-state index in [-0.39, 0.29) is 0 Å². The van der Waals surface area contributed by atoms with Gasteiger partial charge in [-0.3, -0.25) is 0 Å². The zero-order valence-corrected chi connectivity index (χ0v) is 9.88. The van der Waals surface area contributed by atoms with E-state index in [1.807, 2.05) is 43.5 Å². The Morgan fingerprint density at radius 1 is 1.33 bits per heavy atom. The number of nitrogens with one attached hydrogen (secondary N) is 1. The van der Waals surface area contributed by atoms with Gasteiger partial charge < -0.3 is 5.32 Å². The fraction of sp³-hybridized carbons (Fsp3) is 0.0833. The molecule has 0 saturated carbocycles. The second-order valence-electron chi connectivity index (χ2n) is 3.26. The molecule has 15 heavy (non-hydrogen) atoms. The van der Waals surface area contributed by atoms with E-state index in [4.69, 9.17) is 0 Å². The predicted octanol–water partition coefficient (Wildman–Crippen LogP) is 3.70.